The molecule has 5 nitrogen and oxygen atoms in total. The van der Waals surface area contributed by atoms with Crippen LogP contribution in [0, 0.1) is 0 Å². The fourth-order valence-electron chi connectivity index (χ4n) is 3.76. The first-order valence-electron chi connectivity index (χ1n) is 10.5. The number of nitrogens with zero attached hydrogens (tertiary/aromatic N) is 2. The van der Waals surface area contributed by atoms with Crippen molar-refractivity contribution >= 4 is 0 Å². The number of ether oxygens (including phenoxy) is 1. The minimum absolute atomic E-state index is 0.137. The van der Waals surface area contributed by atoms with Crippen molar-refractivity contribution in [3.8, 4) is 5.75 Å². The minimum Gasteiger partial charge on any atom is -0.479 e. The second kappa shape index (κ2) is 9.74. The predicted molar refractivity (Wildman–Crippen MR) is 117 cm³/mol. The fourth-order valence-corrected chi connectivity index (χ4v) is 3.76. The van der Waals surface area contributed by atoms with E-state index in [1.807, 2.05) is 43.3 Å². The van der Waals surface area contributed by atoms with Crippen LogP contribution in [-0.2, 0) is 13.1 Å². The maximum absolute atomic E-state index is 12.5. The molecule has 1 aliphatic rings. The molecule has 0 spiro atoms. The predicted octanol–water partition coefficient (Wildman–Crippen LogP) is 4.10. The molecule has 3 aromatic rings. The number of benzene rings is 2. The third-order valence-corrected chi connectivity index (χ3v) is 5.52. The Bertz CT molecular complexity index is 980. The van der Waals surface area contributed by atoms with Crippen LogP contribution in [0.3, 0.4) is 0 Å². The van der Waals surface area contributed by atoms with Gasteiger partial charge in [0.1, 0.15) is 18.1 Å². The highest BCUT2D eigenvalue weighted by atomic mass is 16.5. The Morgan fingerprint density at radius 1 is 0.900 bits per heavy atom. The molecule has 1 aromatic heterocycles. The summed E-state index contributed by atoms with van der Waals surface area (Å²) in [4.78, 5) is 17.3. The average molecular weight is 405 g/mol. The summed E-state index contributed by atoms with van der Waals surface area (Å²) in [7, 11) is 0. The van der Waals surface area contributed by atoms with Crippen molar-refractivity contribution < 1.29 is 9.15 Å². The maximum atomic E-state index is 12.5. The van der Waals surface area contributed by atoms with Crippen molar-refractivity contribution in [2.45, 2.75) is 26.1 Å². The lowest BCUT2D eigenvalue weighted by Crippen LogP contribution is -2.45. The van der Waals surface area contributed by atoms with Crippen molar-refractivity contribution in [3.63, 3.8) is 0 Å². The van der Waals surface area contributed by atoms with E-state index < -0.39 is 0 Å². The Hall–Kier alpha value is -2.89. The molecule has 0 bridgehead atoms. The van der Waals surface area contributed by atoms with Gasteiger partial charge in [-0.2, -0.15) is 0 Å². The first-order chi connectivity index (χ1) is 14.7. The van der Waals surface area contributed by atoms with Crippen LogP contribution < -0.4 is 10.2 Å². The van der Waals surface area contributed by atoms with Gasteiger partial charge in [0.25, 0.3) is 0 Å². The van der Waals surface area contributed by atoms with Gasteiger partial charge in [-0.25, -0.2) is 0 Å². The summed E-state index contributed by atoms with van der Waals surface area (Å²) >= 11 is 0. The lowest BCUT2D eigenvalue weighted by molar-refractivity contribution is 0.115. The van der Waals surface area contributed by atoms with Crippen molar-refractivity contribution in [2.24, 2.45) is 0 Å². The highest BCUT2D eigenvalue weighted by Gasteiger charge is 2.18. The van der Waals surface area contributed by atoms with Crippen LogP contribution in [0.15, 0.2) is 82.2 Å². The third kappa shape index (κ3) is 5.38. The Balaban J connectivity index is 1.29. The van der Waals surface area contributed by atoms with Crippen LogP contribution >= 0.6 is 0 Å². The molecule has 30 heavy (non-hydrogen) atoms. The molecule has 0 aliphatic carbocycles. The first-order valence-corrected chi connectivity index (χ1v) is 10.5. The smallest absolute Gasteiger partial charge is 0.227 e. The molecule has 156 valence electrons. The summed E-state index contributed by atoms with van der Waals surface area (Å²) in [5, 5.41) is 0. The number of hydrogen-bond donors (Lipinski definition) is 0. The largest absolute Gasteiger partial charge is 0.479 e. The molecule has 1 fully saturated rings. The fraction of sp³-hybridized carbons (Fsp3) is 0.320. The topological polar surface area (TPSA) is 45.9 Å². The Labute approximate surface area is 177 Å². The van der Waals surface area contributed by atoms with Crippen molar-refractivity contribution in [1.82, 2.24) is 9.80 Å². The van der Waals surface area contributed by atoms with Gasteiger partial charge >= 0.3 is 0 Å². The average Bonchev–Trinajstić information content (AvgIpc) is 2.78. The van der Waals surface area contributed by atoms with E-state index in [9.17, 15) is 4.79 Å². The van der Waals surface area contributed by atoms with Crippen LogP contribution in [0.25, 0.3) is 0 Å². The molecule has 0 radical (unpaired) electrons. The second-order valence-electron chi connectivity index (χ2n) is 7.78. The zero-order chi connectivity index (χ0) is 20.8. The summed E-state index contributed by atoms with van der Waals surface area (Å²) in [6.45, 7) is 7.49. The zero-order valence-corrected chi connectivity index (χ0v) is 17.4. The molecule has 5 heteroatoms. The van der Waals surface area contributed by atoms with Crippen LogP contribution in [0.5, 0.6) is 5.75 Å². The standard InChI is InChI=1S/C25H28N2O3/c1-20(22-10-6-3-7-11-22)30-25-19-29-23(16-24(25)28)18-27-14-12-26(13-15-27)17-21-8-4-2-5-9-21/h2-11,16,19-20H,12-15,17-18H2,1H3. The van der Waals surface area contributed by atoms with Gasteiger partial charge in [0.2, 0.25) is 11.2 Å². The van der Waals surface area contributed by atoms with E-state index in [2.05, 4.69) is 34.1 Å². The summed E-state index contributed by atoms with van der Waals surface area (Å²) < 4.78 is 11.5. The van der Waals surface area contributed by atoms with Crippen molar-refractivity contribution in [1.29, 1.82) is 0 Å². The van der Waals surface area contributed by atoms with Crippen LogP contribution in [0.2, 0.25) is 0 Å². The Kier molecular flexibility index (Phi) is 6.62. The molecule has 2 heterocycles. The lowest BCUT2D eigenvalue weighted by atomic mass is 10.1. The molecular formula is C25H28N2O3. The van der Waals surface area contributed by atoms with Crippen molar-refractivity contribution in [3.05, 3.63) is 100 Å². The highest BCUT2D eigenvalue weighted by Crippen LogP contribution is 2.19. The van der Waals surface area contributed by atoms with E-state index in [0.717, 1.165) is 38.3 Å². The van der Waals surface area contributed by atoms with Crippen LogP contribution in [-0.4, -0.2) is 36.0 Å². The maximum Gasteiger partial charge on any atom is 0.227 e. The number of piperazine rings is 1. The lowest BCUT2D eigenvalue weighted by Gasteiger charge is -2.34. The van der Waals surface area contributed by atoms with E-state index >= 15 is 0 Å². The monoisotopic (exact) mass is 404 g/mol. The summed E-state index contributed by atoms with van der Waals surface area (Å²) in [5.41, 5.74) is 2.23. The van der Waals surface area contributed by atoms with Gasteiger partial charge < -0.3 is 9.15 Å². The van der Waals surface area contributed by atoms with Gasteiger partial charge in [0.15, 0.2) is 0 Å². The molecule has 1 unspecified atom stereocenters. The van der Waals surface area contributed by atoms with Gasteiger partial charge in [-0.15, -0.1) is 0 Å². The van der Waals surface area contributed by atoms with Gasteiger partial charge in [-0.3, -0.25) is 14.6 Å². The van der Waals surface area contributed by atoms with Crippen LogP contribution in [0.1, 0.15) is 29.9 Å². The Morgan fingerprint density at radius 3 is 2.13 bits per heavy atom. The van der Waals surface area contributed by atoms with E-state index in [-0.39, 0.29) is 17.3 Å². The summed E-state index contributed by atoms with van der Waals surface area (Å²) in [6.07, 6.45) is 1.24. The third-order valence-electron chi connectivity index (χ3n) is 5.52. The first kappa shape index (κ1) is 20.4. The molecule has 1 saturated heterocycles. The molecule has 2 aromatic carbocycles. The SMILES string of the molecule is CC(Oc1coc(CN2CCN(Cc3ccccc3)CC2)cc1=O)c1ccccc1. The van der Waals surface area contributed by atoms with E-state index in [0.29, 0.717) is 12.3 Å². The molecule has 0 amide bonds. The normalized spacial score (nSPS) is 16.3. The van der Waals surface area contributed by atoms with Gasteiger partial charge in [0.05, 0.1) is 6.54 Å². The van der Waals surface area contributed by atoms with Crippen LogP contribution in [0.4, 0.5) is 0 Å². The van der Waals surface area contributed by atoms with E-state index in [4.69, 9.17) is 9.15 Å². The van der Waals surface area contributed by atoms with Gasteiger partial charge in [-0.1, -0.05) is 60.7 Å². The summed E-state index contributed by atoms with van der Waals surface area (Å²) in [5.74, 6) is 0.930. The molecule has 1 aliphatic heterocycles. The molecule has 0 saturated carbocycles. The van der Waals surface area contributed by atoms with E-state index in [1.54, 1.807) is 6.07 Å². The quantitative estimate of drug-likeness (QED) is 0.593. The minimum atomic E-state index is -0.211. The van der Waals surface area contributed by atoms with E-state index in [1.165, 1.54) is 11.8 Å². The van der Waals surface area contributed by atoms with Gasteiger partial charge in [-0.05, 0) is 18.1 Å². The molecule has 0 N–H and O–H groups in total. The number of rotatable bonds is 7. The molecule has 4 rings (SSSR count). The number of hydrogen-bond acceptors (Lipinski definition) is 5. The molecule has 1 atom stereocenters. The second-order valence-corrected chi connectivity index (χ2v) is 7.78. The summed E-state index contributed by atoms with van der Waals surface area (Å²) in [6, 6.07) is 22.0. The van der Waals surface area contributed by atoms with Gasteiger partial charge in [0, 0.05) is 38.8 Å². The highest BCUT2D eigenvalue weighted by molar-refractivity contribution is 5.22. The zero-order valence-electron chi connectivity index (χ0n) is 17.4. The Morgan fingerprint density at radius 2 is 1.50 bits per heavy atom. The molecular weight excluding hydrogens is 376 g/mol. The van der Waals surface area contributed by atoms with Crippen molar-refractivity contribution in [2.75, 3.05) is 26.2 Å².